The molecule has 4 rings (SSSR count). The van der Waals surface area contributed by atoms with Gasteiger partial charge in [-0.25, -0.2) is 22.4 Å². The number of alkyl halides is 3. The number of hydrogen-bond donors (Lipinski definition) is 0. The first-order valence-corrected chi connectivity index (χ1v) is 10.9. The van der Waals surface area contributed by atoms with E-state index in [1.807, 2.05) is 0 Å². The minimum atomic E-state index is -4.67. The van der Waals surface area contributed by atoms with E-state index < -0.39 is 33.2 Å². The highest BCUT2D eigenvalue weighted by Gasteiger charge is 2.47. The molecule has 2 unspecified atom stereocenters. The second-order valence-electron chi connectivity index (χ2n) is 7.15. The molecular formula is C18H18ClF3N4O2S. The van der Waals surface area contributed by atoms with E-state index in [2.05, 4.69) is 10.1 Å². The molecule has 3 heterocycles. The molecule has 0 radical (unpaired) electrons. The Bertz CT molecular complexity index is 1060. The first kappa shape index (κ1) is 20.4. The van der Waals surface area contributed by atoms with Crippen molar-refractivity contribution in [1.82, 2.24) is 14.1 Å². The van der Waals surface area contributed by atoms with Gasteiger partial charge in [0.05, 0.1) is 0 Å². The summed E-state index contributed by atoms with van der Waals surface area (Å²) in [7, 11) is -3.86. The van der Waals surface area contributed by atoms with Crippen LogP contribution in [0.15, 0.2) is 35.3 Å². The zero-order chi connectivity index (χ0) is 21.0. The molecule has 0 N–H and O–H groups in total. The van der Waals surface area contributed by atoms with Crippen LogP contribution in [0.4, 0.5) is 19.0 Å². The lowest BCUT2D eigenvalue weighted by Crippen LogP contribution is -2.47. The molecule has 2 aliphatic heterocycles. The minimum absolute atomic E-state index is 0.0253. The van der Waals surface area contributed by atoms with Gasteiger partial charge in [-0.1, -0.05) is 23.7 Å². The molecule has 11 heteroatoms. The standard InChI is InChI=1S/C18H18ClF3N4O2S/c1-11-17(29(27,28)25-8-2-3-9-25)16(12-4-6-13(19)7-5-12)26-15(23-11)10-14(24-26)18(20,21)22/h4-7,10,16-17H,2-3,8-9H2,1H3. The number of halogens is 4. The Morgan fingerprint density at radius 2 is 1.76 bits per heavy atom. The van der Waals surface area contributed by atoms with Crippen LogP contribution < -0.4 is 0 Å². The fraction of sp³-hybridized carbons (Fsp3) is 0.444. The third-order valence-corrected chi connectivity index (χ3v) is 7.79. The van der Waals surface area contributed by atoms with Gasteiger partial charge in [-0.05, 0) is 37.5 Å². The average molecular weight is 447 g/mol. The first-order chi connectivity index (χ1) is 13.6. The summed E-state index contributed by atoms with van der Waals surface area (Å²) in [6, 6.07) is 6.22. The summed E-state index contributed by atoms with van der Waals surface area (Å²) >= 11 is 5.95. The summed E-state index contributed by atoms with van der Waals surface area (Å²) in [5.41, 5.74) is -0.380. The van der Waals surface area contributed by atoms with Crippen molar-refractivity contribution in [3.63, 3.8) is 0 Å². The number of fused-ring (bicyclic) bond motifs is 1. The molecule has 0 spiro atoms. The number of aromatic nitrogens is 2. The van der Waals surface area contributed by atoms with E-state index in [0.717, 1.165) is 23.6 Å². The van der Waals surface area contributed by atoms with Crippen molar-refractivity contribution in [3.8, 4) is 0 Å². The molecule has 0 bridgehead atoms. The Hall–Kier alpha value is -1.91. The molecule has 0 aliphatic carbocycles. The van der Waals surface area contributed by atoms with Crippen molar-refractivity contribution in [2.24, 2.45) is 4.99 Å². The summed E-state index contributed by atoms with van der Waals surface area (Å²) in [5.74, 6) is -0.0253. The summed E-state index contributed by atoms with van der Waals surface area (Å²) in [6.07, 6.45) is -3.17. The van der Waals surface area contributed by atoms with Gasteiger partial charge in [-0.2, -0.15) is 18.3 Å². The predicted molar refractivity (Wildman–Crippen MR) is 103 cm³/mol. The summed E-state index contributed by atoms with van der Waals surface area (Å²) < 4.78 is 69.1. The van der Waals surface area contributed by atoms with Gasteiger partial charge in [0.25, 0.3) is 0 Å². The summed E-state index contributed by atoms with van der Waals surface area (Å²) in [5, 5.41) is 2.97. The van der Waals surface area contributed by atoms with Gasteiger partial charge in [0.1, 0.15) is 11.3 Å². The molecule has 0 amide bonds. The lowest BCUT2D eigenvalue weighted by atomic mass is 10.00. The SMILES string of the molecule is CC1=Nc2cc(C(F)(F)F)nn2C(c2ccc(Cl)cc2)C1S(=O)(=O)N1CCCC1. The third-order valence-electron chi connectivity index (χ3n) is 5.22. The van der Waals surface area contributed by atoms with Gasteiger partial charge in [0.2, 0.25) is 10.0 Å². The van der Waals surface area contributed by atoms with Crippen LogP contribution in [0.5, 0.6) is 0 Å². The minimum Gasteiger partial charge on any atom is -0.238 e. The van der Waals surface area contributed by atoms with Crippen LogP contribution in [0, 0.1) is 0 Å². The molecule has 6 nitrogen and oxygen atoms in total. The van der Waals surface area contributed by atoms with Crippen LogP contribution in [0.2, 0.25) is 5.02 Å². The molecular weight excluding hydrogens is 429 g/mol. The molecule has 29 heavy (non-hydrogen) atoms. The van der Waals surface area contributed by atoms with Gasteiger partial charge in [-0.15, -0.1) is 0 Å². The molecule has 2 aromatic rings. The second kappa shape index (κ2) is 7.10. The van der Waals surface area contributed by atoms with Crippen LogP contribution >= 0.6 is 11.6 Å². The van der Waals surface area contributed by atoms with Crippen molar-refractivity contribution < 1.29 is 21.6 Å². The highest BCUT2D eigenvalue weighted by Crippen LogP contribution is 2.40. The van der Waals surface area contributed by atoms with Gasteiger partial charge in [0.15, 0.2) is 11.5 Å². The van der Waals surface area contributed by atoms with Gasteiger partial charge in [0, 0.05) is 29.9 Å². The second-order valence-corrected chi connectivity index (χ2v) is 9.64. The number of hydrogen-bond acceptors (Lipinski definition) is 4. The Balaban J connectivity index is 1.90. The predicted octanol–water partition coefficient (Wildman–Crippen LogP) is 4.04. The van der Waals surface area contributed by atoms with Crippen LogP contribution in [-0.4, -0.2) is 46.6 Å². The van der Waals surface area contributed by atoms with Gasteiger partial charge < -0.3 is 0 Å². The maximum absolute atomic E-state index is 13.4. The smallest absolute Gasteiger partial charge is 0.238 e. The normalized spacial score (nSPS) is 23.1. The quantitative estimate of drug-likeness (QED) is 0.714. The summed E-state index contributed by atoms with van der Waals surface area (Å²) in [4.78, 5) is 4.18. The third kappa shape index (κ3) is 3.57. The van der Waals surface area contributed by atoms with Crippen molar-refractivity contribution in [2.75, 3.05) is 13.1 Å². The van der Waals surface area contributed by atoms with Crippen molar-refractivity contribution >= 4 is 33.2 Å². The summed E-state index contributed by atoms with van der Waals surface area (Å²) in [6.45, 7) is 2.31. The topological polar surface area (TPSA) is 67.6 Å². The van der Waals surface area contributed by atoms with Crippen LogP contribution in [-0.2, 0) is 16.2 Å². The van der Waals surface area contributed by atoms with Crippen LogP contribution in [0.25, 0.3) is 0 Å². The van der Waals surface area contributed by atoms with Crippen molar-refractivity contribution in [2.45, 2.75) is 37.2 Å². The number of sulfonamides is 1. The van der Waals surface area contributed by atoms with Gasteiger partial charge in [-0.3, -0.25) is 0 Å². The van der Waals surface area contributed by atoms with E-state index >= 15 is 0 Å². The maximum Gasteiger partial charge on any atom is 0.435 e. The van der Waals surface area contributed by atoms with E-state index in [4.69, 9.17) is 11.6 Å². The van der Waals surface area contributed by atoms with E-state index in [1.54, 1.807) is 24.3 Å². The van der Waals surface area contributed by atoms with Crippen LogP contribution in [0.3, 0.4) is 0 Å². The molecule has 156 valence electrons. The Morgan fingerprint density at radius 3 is 2.34 bits per heavy atom. The monoisotopic (exact) mass is 446 g/mol. The lowest BCUT2D eigenvalue weighted by Gasteiger charge is -2.34. The molecule has 1 aromatic carbocycles. The highest BCUT2D eigenvalue weighted by atomic mass is 35.5. The molecule has 1 fully saturated rings. The zero-order valence-electron chi connectivity index (χ0n) is 15.4. The first-order valence-electron chi connectivity index (χ1n) is 9.05. The molecule has 0 saturated carbocycles. The van der Waals surface area contributed by atoms with Crippen LogP contribution in [0.1, 0.15) is 37.1 Å². The van der Waals surface area contributed by atoms with Crippen molar-refractivity contribution in [1.29, 1.82) is 0 Å². The Kier molecular flexibility index (Phi) is 4.99. The fourth-order valence-electron chi connectivity index (χ4n) is 3.87. The number of benzene rings is 1. The zero-order valence-corrected chi connectivity index (χ0v) is 17.0. The van der Waals surface area contributed by atoms with E-state index in [0.29, 0.717) is 23.7 Å². The number of rotatable bonds is 3. The van der Waals surface area contributed by atoms with E-state index in [1.165, 1.54) is 11.2 Å². The Morgan fingerprint density at radius 1 is 1.14 bits per heavy atom. The van der Waals surface area contributed by atoms with E-state index in [-0.39, 0.29) is 11.5 Å². The fourth-order valence-corrected chi connectivity index (χ4v) is 6.17. The largest absolute Gasteiger partial charge is 0.435 e. The van der Waals surface area contributed by atoms with E-state index in [9.17, 15) is 21.6 Å². The highest BCUT2D eigenvalue weighted by molar-refractivity contribution is 7.90. The van der Waals surface area contributed by atoms with Crippen molar-refractivity contribution in [3.05, 3.63) is 46.6 Å². The lowest BCUT2D eigenvalue weighted by molar-refractivity contribution is -0.141. The molecule has 1 saturated heterocycles. The number of nitrogens with zero attached hydrogens (tertiary/aromatic N) is 4. The molecule has 1 aromatic heterocycles. The van der Waals surface area contributed by atoms with Gasteiger partial charge >= 0.3 is 6.18 Å². The molecule has 2 atom stereocenters. The average Bonchev–Trinajstić information content (AvgIpc) is 3.30. The number of aliphatic imine (C=N–C) groups is 1. The molecule has 2 aliphatic rings. The Labute approximate surface area is 171 Å². The maximum atomic E-state index is 13.4.